The van der Waals surface area contributed by atoms with Crippen molar-refractivity contribution in [3.8, 4) is 0 Å². The molecule has 0 saturated carbocycles. The highest BCUT2D eigenvalue weighted by atomic mass is 32.2. The minimum Gasteiger partial charge on any atom is -0.344 e. The van der Waals surface area contributed by atoms with Crippen LogP contribution in [-0.2, 0) is 36.2 Å². The first-order chi connectivity index (χ1) is 8.39. The average Bonchev–Trinajstić information content (AvgIpc) is 2.75. The van der Waals surface area contributed by atoms with Crippen molar-refractivity contribution in [2.24, 2.45) is 0 Å². The highest BCUT2D eigenvalue weighted by molar-refractivity contribution is 7.85. The Morgan fingerprint density at radius 1 is 1.39 bits per heavy atom. The SMILES string of the molecule is CC1(c2cncc(COS(C)(=O)=O)c2)OCCO1. The molecule has 2 heterocycles. The van der Waals surface area contributed by atoms with E-state index in [2.05, 4.69) is 4.98 Å². The van der Waals surface area contributed by atoms with Crippen molar-refractivity contribution in [1.82, 2.24) is 4.98 Å². The summed E-state index contributed by atoms with van der Waals surface area (Å²) in [5.41, 5.74) is 1.40. The molecule has 0 atom stereocenters. The van der Waals surface area contributed by atoms with Gasteiger partial charge in [-0.1, -0.05) is 0 Å². The Morgan fingerprint density at radius 2 is 2.06 bits per heavy atom. The molecule has 0 spiro atoms. The second-order valence-corrected chi connectivity index (χ2v) is 5.83. The van der Waals surface area contributed by atoms with E-state index in [1.54, 1.807) is 25.4 Å². The smallest absolute Gasteiger partial charge is 0.264 e. The summed E-state index contributed by atoms with van der Waals surface area (Å²) in [5, 5.41) is 0. The fourth-order valence-electron chi connectivity index (χ4n) is 1.67. The van der Waals surface area contributed by atoms with Gasteiger partial charge in [0.25, 0.3) is 10.1 Å². The van der Waals surface area contributed by atoms with Gasteiger partial charge >= 0.3 is 0 Å². The summed E-state index contributed by atoms with van der Waals surface area (Å²) in [6.45, 7) is 2.81. The maximum atomic E-state index is 10.9. The first-order valence-corrected chi connectivity index (χ1v) is 7.27. The zero-order chi connectivity index (χ0) is 13.2. The third-order valence-corrected chi connectivity index (χ3v) is 3.14. The van der Waals surface area contributed by atoms with Crippen LogP contribution in [0.3, 0.4) is 0 Å². The highest BCUT2D eigenvalue weighted by Gasteiger charge is 2.33. The van der Waals surface area contributed by atoms with Gasteiger partial charge < -0.3 is 9.47 Å². The van der Waals surface area contributed by atoms with Gasteiger partial charge in [-0.05, 0) is 18.6 Å². The maximum Gasteiger partial charge on any atom is 0.264 e. The zero-order valence-electron chi connectivity index (χ0n) is 10.3. The number of hydrogen-bond donors (Lipinski definition) is 0. The van der Waals surface area contributed by atoms with Crippen LogP contribution < -0.4 is 0 Å². The normalized spacial score (nSPS) is 19.0. The molecule has 0 amide bonds. The summed E-state index contributed by atoms with van der Waals surface area (Å²) < 4.78 is 37.6. The number of ether oxygens (including phenoxy) is 2. The molecule has 18 heavy (non-hydrogen) atoms. The quantitative estimate of drug-likeness (QED) is 0.755. The molecule has 0 bridgehead atoms. The summed E-state index contributed by atoms with van der Waals surface area (Å²) in [5.74, 6) is -0.811. The maximum absolute atomic E-state index is 10.9. The molecule has 6 nitrogen and oxygen atoms in total. The molecule has 0 N–H and O–H groups in total. The highest BCUT2D eigenvalue weighted by Crippen LogP contribution is 2.30. The van der Waals surface area contributed by atoms with E-state index in [-0.39, 0.29) is 6.61 Å². The van der Waals surface area contributed by atoms with Gasteiger partial charge in [-0.15, -0.1) is 0 Å². The molecule has 0 radical (unpaired) electrons. The molecule has 0 unspecified atom stereocenters. The van der Waals surface area contributed by atoms with Gasteiger partial charge in [0, 0.05) is 18.0 Å². The Hall–Kier alpha value is -1.02. The minimum atomic E-state index is -3.46. The predicted molar refractivity (Wildman–Crippen MR) is 63.1 cm³/mol. The zero-order valence-corrected chi connectivity index (χ0v) is 11.1. The molecule has 1 aromatic rings. The molecule has 1 aliphatic rings. The third-order valence-electron chi connectivity index (χ3n) is 2.60. The molecule has 100 valence electrons. The second kappa shape index (κ2) is 4.93. The Bertz CT molecular complexity index is 522. The van der Waals surface area contributed by atoms with E-state index in [0.29, 0.717) is 18.8 Å². The topological polar surface area (TPSA) is 74.7 Å². The summed E-state index contributed by atoms with van der Waals surface area (Å²) in [6.07, 6.45) is 4.19. The lowest BCUT2D eigenvalue weighted by molar-refractivity contribution is -0.150. The number of pyridine rings is 1. The van der Waals surface area contributed by atoms with Crippen molar-refractivity contribution in [3.05, 3.63) is 29.6 Å². The summed E-state index contributed by atoms with van der Waals surface area (Å²) in [7, 11) is -3.46. The number of rotatable bonds is 4. The standard InChI is InChI=1S/C11H15NO5S/c1-11(15-3-4-16-11)10-5-9(6-12-7-10)8-17-18(2,13)14/h5-7H,3-4,8H2,1-2H3. The van der Waals surface area contributed by atoms with E-state index in [1.165, 1.54) is 0 Å². The number of hydrogen-bond acceptors (Lipinski definition) is 6. The second-order valence-electron chi connectivity index (χ2n) is 4.19. The molecule has 1 aliphatic heterocycles. The van der Waals surface area contributed by atoms with Crippen LogP contribution in [0.15, 0.2) is 18.5 Å². The van der Waals surface area contributed by atoms with Gasteiger partial charge in [0.05, 0.1) is 26.1 Å². The molecule has 1 aromatic heterocycles. The summed E-state index contributed by atoms with van der Waals surface area (Å²) in [4.78, 5) is 4.04. The molecule has 0 aromatic carbocycles. The van der Waals surface area contributed by atoms with E-state index < -0.39 is 15.9 Å². The van der Waals surface area contributed by atoms with Gasteiger partial charge in [0.2, 0.25) is 0 Å². The van der Waals surface area contributed by atoms with Gasteiger partial charge in [-0.2, -0.15) is 8.42 Å². The molecule has 2 rings (SSSR count). The van der Waals surface area contributed by atoms with Gasteiger partial charge in [0.15, 0.2) is 5.79 Å². The van der Waals surface area contributed by atoms with Gasteiger partial charge in [0.1, 0.15) is 0 Å². The molecule has 0 aliphatic carbocycles. The lowest BCUT2D eigenvalue weighted by Crippen LogP contribution is -2.22. The summed E-state index contributed by atoms with van der Waals surface area (Å²) >= 11 is 0. The molecular formula is C11H15NO5S. The monoisotopic (exact) mass is 273 g/mol. The van der Waals surface area contributed by atoms with E-state index in [9.17, 15) is 8.42 Å². The first-order valence-electron chi connectivity index (χ1n) is 5.46. The predicted octanol–water partition coefficient (Wildman–Crippen LogP) is 0.777. The van der Waals surface area contributed by atoms with Crippen LogP contribution in [0.2, 0.25) is 0 Å². The Balaban J connectivity index is 2.15. The van der Waals surface area contributed by atoms with Crippen LogP contribution in [0.1, 0.15) is 18.1 Å². The molecular weight excluding hydrogens is 258 g/mol. The molecule has 1 fully saturated rings. The Morgan fingerprint density at radius 3 is 2.67 bits per heavy atom. The van der Waals surface area contributed by atoms with Crippen molar-refractivity contribution in [2.45, 2.75) is 19.3 Å². The van der Waals surface area contributed by atoms with Crippen LogP contribution in [0.4, 0.5) is 0 Å². The van der Waals surface area contributed by atoms with Crippen LogP contribution in [0, 0.1) is 0 Å². The van der Waals surface area contributed by atoms with Crippen LogP contribution >= 0.6 is 0 Å². The van der Waals surface area contributed by atoms with E-state index in [1.807, 2.05) is 0 Å². The van der Waals surface area contributed by atoms with Crippen molar-refractivity contribution in [3.63, 3.8) is 0 Å². The number of nitrogens with zero attached hydrogens (tertiary/aromatic N) is 1. The average molecular weight is 273 g/mol. The lowest BCUT2D eigenvalue weighted by Gasteiger charge is -2.22. The number of aromatic nitrogens is 1. The fraction of sp³-hybridized carbons (Fsp3) is 0.545. The summed E-state index contributed by atoms with van der Waals surface area (Å²) in [6, 6.07) is 1.77. The first kappa shape index (κ1) is 13.4. The van der Waals surface area contributed by atoms with Crippen LogP contribution in [-0.4, -0.2) is 32.9 Å². The molecule has 7 heteroatoms. The van der Waals surface area contributed by atoms with Crippen molar-refractivity contribution in [1.29, 1.82) is 0 Å². The largest absolute Gasteiger partial charge is 0.344 e. The van der Waals surface area contributed by atoms with Crippen molar-refractivity contribution >= 4 is 10.1 Å². The van der Waals surface area contributed by atoms with Crippen LogP contribution in [0.5, 0.6) is 0 Å². The lowest BCUT2D eigenvalue weighted by atomic mass is 10.1. The van der Waals surface area contributed by atoms with Crippen LogP contribution in [0.25, 0.3) is 0 Å². The minimum absolute atomic E-state index is 0.0459. The fourth-order valence-corrected chi connectivity index (χ4v) is 2.02. The Kier molecular flexibility index (Phi) is 3.67. The molecule has 1 saturated heterocycles. The van der Waals surface area contributed by atoms with Gasteiger partial charge in [-0.25, -0.2) is 0 Å². The van der Waals surface area contributed by atoms with Crippen molar-refractivity contribution < 1.29 is 22.1 Å². The van der Waals surface area contributed by atoms with Crippen molar-refractivity contribution in [2.75, 3.05) is 19.5 Å². The Labute approximate surface area is 106 Å². The third kappa shape index (κ3) is 3.26. The van der Waals surface area contributed by atoms with E-state index >= 15 is 0 Å². The van der Waals surface area contributed by atoms with E-state index in [0.717, 1.165) is 11.8 Å². The van der Waals surface area contributed by atoms with Gasteiger partial charge in [-0.3, -0.25) is 9.17 Å². The van der Waals surface area contributed by atoms with E-state index in [4.69, 9.17) is 13.7 Å².